The molecule has 1 heterocycles. The molecule has 1 N–H and O–H groups in total. The van der Waals surface area contributed by atoms with Crippen molar-refractivity contribution in [1.29, 1.82) is 0 Å². The van der Waals surface area contributed by atoms with Crippen LogP contribution in [0.5, 0.6) is 0 Å². The minimum Gasteiger partial charge on any atom is -0.332 e. The molecule has 1 aliphatic rings. The molecule has 0 spiro atoms. The summed E-state index contributed by atoms with van der Waals surface area (Å²) < 4.78 is 33.4. The van der Waals surface area contributed by atoms with E-state index in [2.05, 4.69) is 9.78 Å². The highest BCUT2D eigenvalue weighted by atomic mass is 19.4. The third-order valence-corrected chi connectivity index (χ3v) is 0.599. The van der Waals surface area contributed by atoms with Gasteiger partial charge >= 0.3 is 12.1 Å². The summed E-state index contributed by atoms with van der Waals surface area (Å²) in [6.45, 7) is 0. The Kier molecular flexibility index (Phi) is 0.832. The van der Waals surface area contributed by atoms with Gasteiger partial charge in [0.15, 0.2) is 0 Å². The monoisotopic (exact) mass is 130 g/mol. The molecule has 1 rings (SSSR count). The largest absolute Gasteiger partial charge is 0.478 e. The molecule has 1 saturated heterocycles. The zero-order valence-electron chi connectivity index (χ0n) is 3.40. The highest BCUT2D eigenvalue weighted by molar-refractivity contribution is 4.68. The molecule has 0 bridgehead atoms. The highest BCUT2D eigenvalue weighted by Crippen LogP contribution is 2.42. The van der Waals surface area contributed by atoms with Gasteiger partial charge in [0.25, 0.3) is 0 Å². The number of aliphatic hydroxyl groups is 1. The summed E-state index contributed by atoms with van der Waals surface area (Å²) in [7, 11) is 0. The molecule has 0 saturated carbocycles. The molecule has 8 heavy (non-hydrogen) atoms. The van der Waals surface area contributed by atoms with Crippen LogP contribution in [0.4, 0.5) is 13.2 Å². The van der Waals surface area contributed by atoms with Crippen molar-refractivity contribution in [2.24, 2.45) is 0 Å². The minimum absolute atomic E-state index is 3.19. The van der Waals surface area contributed by atoms with Crippen LogP contribution in [0.25, 0.3) is 0 Å². The van der Waals surface area contributed by atoms with Gasteiger partial charge in [-0.3, -0.25) is 0 Å². The van der Waals surface area contributed by atoms with E-state index in [9.17, 15) is 13.2 Å². The predicted octanol–water partition coefficient (Wildman–Crippen LogP) is 0.157. The average molecular weight is 130 g/mol. The SMILES string of the molecule is OC1(C(F)(F)F)OO1. The first kappa shape index (κ1) is 5.80. The molecule has 0 unspecified atom stereocenters. The molecule has 1 fully saturated rings. The van der Waals surface area contributed by atoms with E-state index in [0.29, 0.717) is 0 Å². The summed E-state index contributed by atoms with van der Waals surface area (Å²) >= 11 is 0. The summed E-state index contributed by atoms with van der Waals surface area (Å²) in [4.78, 5) is 6.38. The summed E-state index contributed by atoms with van der Waals surface area (Å²) in [5, 5.41) is 7.90. The number of hydrogen-bond acceptors (Lipinski definition) is 3. The van der Waals surface area contributed by atoms with E-state index in [-0.39, 0.29) is 0 Å². The van der Waals surface area contributed by atoms with Crippen molar-refractivity contribution in [2.75, 3.05) is 0 Å². The lowest BCUT2D eigenvalue weighted by atomic mass is 10.6. The molecule has 1 aliphatic heterocycles. The van der Waals surface area contributed by atoms with E-state index in [0.717, 1.165) is 0 Å². The van der Waals surface area contributed by atoms with E-state index in [1.807, 2.05) is 0 Å². The summed E-state index contributed by atoms with van der Waals surface area (Å²) in [5.41, 5.74) is 0. The van der Waals surface area contributed by atoms with Crippen LogP contribution in [-0.4, -0.2) is 17.3 Å². The van der Waals surface area contributed by atoms with Gasteiger partial charge in [-0.1, -0.05) is 0 Å². The fourth-order valence-corrected chi connectivity index (χ4v) is 0.134. The molecular weight excluding hydrogens is 129 g/mol. The maximum atomic E-state index is 11.1. The molecule has 6 heteroatoms. The minimum atomic E-state index is -4.84. The molecule has 0 aliphatic carbocycles. The van der Waals surface area contributed by atoms with Crippen molar-refractivity contribution in [3.8, 4) is 0 Å². The van der Waals surface area contributed by atoms with Gasteiger partial charge in [0.1, 0.15) is 0 Å². The zero-order valence-corrected chi connectivity index (χ0v) is 3.40. The van der Waals surface area contributed by atoms with Crippen LogP contribution in [0.3, 0.4) is 0 Å². The van der Waals surface area contributed by atoms with Crippen molar-refractivity contribution in [3.63, 3.8) is 0 Å². The fourth-order valence-electron chi connectivity index (χ4n) is 0.134. The standard InChI is InChI=1S/C2HF3O3/c3-1(4,5)2(6)7-8-2/h6H. The Labute approximate surface area is 41.5 Å². The Balaban J connectivity index is 2.58. The third kappa shape index (κ3) is 0.662. The Morgan fingerprint density at radius 1 is 1.25 bits per heavy atom. The van der Waals surface area contributed by atoms with Crippen LogP contribution in [0, 0.1) is 0 Å². The first-order valence-corrected chi connectivity index (χ1v) is 1.62. The van der Waals surface area contributed by atoms with Crippen molar-refractivity contribution < 1.29 is 28.1 Å². The lowest BCUT2D eigenvalue weighted by Gasteiger charge is -2.01. The van der Waals surface area contributed by atoms with E-state index >= 15 is 0 Å². The molecule has 0 radical (unpaired) electrons. The molecule has 0 aromatic carbocycles. The van der Waals surface area contributed by atoms with Crippen molar-refractivity contribution in [2.45, 2.75) is 12.1 Å². The second kappa shape index (κ2) is 1.15. The number of alkyl halides is 3. The number of halogens is 3. The fraction of sp³-hybridized carbons (Fsp3) is 1.00. The molecular formula is C2HF3O3. The van der Waals surface area contributed by atoms with Crippen molar-refractivity contribution in [1.82, 2.24) is 0 Å². The molecule has 0 atom stereocenters. The number of hydrogen-bond donors (Lipinski definition) is 1. The van der Waals surface area contributed by atoms with Gasteiger partial charge in [0.2, 0.25) is 0 Å². The summed E-state index contributed by atoms with van der Waals surface area (Å²) in [5.74, 6) is -3.31. The van der Waals surface area contributed by atoms with Gasteiger partial charge in [-0.15, -0.1) is 0 Å². The smallest absolute Gasteiger partial charge is 0.332 e. The maximum absolute atomic E-state index is 11.1. The zero-order chi connectivity index (χ0) is 6.41. The lowest BCUT2D eigenvalue weighted by molar-refractivity contribution is -0.265. The highest BCUT2D eigenvalue weighted by Gasteiger charge is 2.70. The van der Waals surface area contributed by atoms with Crippen LogP contribution >= 0.6 is 0 Å². The normalized spacial score (nSPS) is 25.5. The Hall–Kier alpha value is -0.330. The Morgan fingerprint density at radius 2 is 1.62 bits per heavy atom. The summed E-state index contributed by atoms with van der Waals surface area (Å²) in [6.07, 6.45) is -4.84. The number of rotatable bonds is 0. The van der Waals surface area contributed by atoms with E-state index in [1.165, 1.54) is 0 Å². The molecule has 0 amide bonds. The van der Waals surface area contributed by atoms with Gasteiger partial charge in [0, 0.05) is 0 Å². The second-order valence-electron chi connectivity index (χ2n) is 1.25. The van der Waals surface area contributed by atoms with Crippen LogP contribution in [-0.2, 0) is 9.78 Å². The molecule has 0 aromatic heterocycles. The van der Waals surface area contributed by atoms with Gasteiger partial charge in [-0.05, 0) is 0 Å². The van der Waals surface area contributed by atoms with Crippen molar-refractivity contribution >= 4 is 0 Å². The predicted molar refractivity (Wildman–Crippen MR) is 13.2 cm³/mol. The third-order valence-electron chi connectivity index (χ3n) is 0.599. The van der Waals surface area contributed by atoms with Crippen LogP contribution in [0.1, 0.15) is 0 Å². The first-order chi connectivity index (χ1) is 3.46. The van der Waals surface area contributed by atoms with Crippen LogP contribution in [0.2, 0.25) is 0 Å². The van der Waals surface area contributed by atoms with Crippen LogP contribution in [0.15, 0.2) is 0 Å². The topological polar surface area (TPSA) is 45.3 Å². The van der Waals surface area contributed by atoms with Crippen molar-refractivity contribution in [3.05, 3.63) is 0 Å². The van der Waals surface area contributed by atoms with E-state index in [1.54, 1.807) is 0 Å². The van der Waals surface area contributed by atoms with Gasteiger partial charge in [0.05, 0.1) is 0 Å². The Bertz CT molecular complexity index is 100. The lowest BCUT2D eigenvalue weighted by Crippen LogP contribution is -2.31. The molecule has 48 valence electrons. The second-order valence-corrected chi connectivity index (χ2v) is 1.25. The average Bonchev–Trinajstić information content (AvgIpc) is 2.16. The quantitative estimate of drug-likeness (QED) is 0.375. The first-order valence-electron chi connectivity index (χ1n) is 1.62. The van der Waals surface area contributed by atoms with E-state index in [4.69, 9.17) is 5.11 Å². The van der Waals surface area contributed by atoms with Gasteiger partial charge < -0.3 is 5.11 Å². The van der Waals surface area contributed by atoms with E-state index < -0.39 is 12.1 Å². The molecule has 0 aromatic rings. The van der Waals surface area contributed by atoms with Gasteiger partial charge in [-0.25, -0.2) is 0 Å². The van der Waals surface area contributed by atoms with Crippen LogP contribution < -0.4 is 0 Å². The maximum Gasteiger partial charge on any atom is 0.478 e. The Morgan fingerprint density at radius 3 is 1.62 bits per heavy atom. The summed E-state index contributed by atoms with van der Waals surface area (Å²) in [6, 6.07) is 0. The van der Waals surface area contributed by atoms with Gasteiger partial charge in [-0.2, -0.15) is 22.9 Å². The molecule has 3 nitrogen and oxygen atoms in total.